The summed E-state index contributed by atoms with van der Waals surface area (Å²) in [6.07, 6.45) is 0. The van der Waals surface area contributed by atoms with E-state index in [4.69, 9.17) is 10.2 Å². The molecule has 0 aliphatic carbocycles. The molecule has 10 heteroatoms. The van der Waals surface area contributed by atoms with Crippen LogP contribution in [0.3, 0.4) is 0 Å². The summed E-state index contributed by atoms with van der Waals surface area (Å²) in [5.74, 6) is 1.56. The van der Waals surface area contributed by atoms with E-state index in [0.717, 1.165) is 56.7 Å². The number of nitrogens with zero attached hydrogens (tertiary/aromatic N) is 6. The fraction of sp³-hybridized carbons (Fsp3) is 0. The zero-order chi connectivity index (χ0) is 30.7. The second-order valence-electron chi connectivity index (χ2n) is 10.8. The van der Waals surface area contributed by atoms with Crippen LogP contribution in [-0.2, 0) is 0 Å². The van der Waals surface area contributed by atoms with Crippen LogP contribution in [0, 0.1) is 0 Å². The van der Waals surface area contributed by atoms with Crippen molar-refractivity contribution < 1.29 is 44.6 Å². The van der Waals surface area contributed by atoms with Gasteiger partial charge < -0.3 is 24.8 Å². The predicted octanol–water partition coefficient (Wildman–Crippen LogP) is -0.751. The number of rotatable bonds is 7. The molecule has 0 bridgehead atoms. The Bertz CT molecular complexity index is 2060. The minimum absolute atomic E-state index is 0. The highest BCUT2D eigenvalue weighted by Crippen LogP contribution is 2.21. The van der Waals surface area contributed by atoms with Gasteiger partial charge in [-0.25, -0.2) is 0 Å². The zero-order valence-corrected chi connectivity index (χ0v) is 27.1. The molecule has 0 saturated heterocycles. The molecule has 0 unspecified atom stereocenters. The Labute approximate surface area is 290 Å². The van der Waals surface area contributed by atoms with Gasteiger partial charge in [-0.1, -0.05) is 72.8 Å². The van der Waals surface area contributed by atoms with Crippen LogP contribution in [0.25, 0.3) is 56.7 Å². The molecule has 48 heavy (non-hydrogen) atoms. The second kappa shape index (κ2) is 14.2. The van der Waals surface area contributed by atoms with Crippen molar-refractivity contribution in [2.24, 2.45) is 0 Å². The van der Waals surface area contributed by atoms with E-state index in [1.165, 1.54) is 0 Å². The van der Waals surface area contributed by atoms with Crippen LogP contribution in [0.5, 0.6) is 0 Å². The lowest BCUT2D eigenvalue weighted by molar-refractivity contribution is -0.799. The lowest BCUT2D eigenvalue weighted by Gasteiger charge is -2.01. The first-order valence-electron chi connectivity index (χ1n) is 15.1. The van der Waals surface area contributed by atoms with Gasteiger partial charge in [-0.2, -0.15) is 0 Å². The molecule has 0 spiro atoms. The number of halogens is 2. The molecule has 0 saturated carbocycles. The van der Waals surface area contributed by atoms with Gasteiger partial charge in [-0.3, -0.25) is 0 Å². The summed E-state index contributed by atoms with van der Waals surface area (Å²) in [6, 6.07) is 57.5. The highest BCUT2D eigenvalue weighted by atomic mass is 35.5. The van der Waals surface area contributed by atoms with Crippen molar-refractivity contribution in [2.75, 3.05) is 0 Å². The van der Waals surface area contributed by atoms with Crippen molar-refractivity contribution in [1.82, 2.24) is 19.8 Å². The maximum atomic E-state index is 4.94. The first-order valence-corrected chi connectivity index (χ1v) is 15.1. The maximum Gasteiger partial charge on any atom is 0.397 e. The van der Waals surface area contributed by atoms with E-state index in [2.05, 4.69) is 107 Å². The third kappa shape index (κ3) is 6.35. The summed E-state index contributed by atoms with van der Waals surface area (Å²) in [4.78, 5) is 7.70. The SMILES string of the molecule is [Cl-].[Cl-].c1ccc(-c2n[n+](-c3ccc(-c4ccc(-[n+]5nc(-c6ccccc6)[nH+]n5-c5ccccc5)cc4)cc3)n(-c3ccccc3)[nH+]2)cc1. The van der Waals surface area contributed by atoms with Gasteiger partial charge in [0.2, 0.25) is 0 Å². The van der Waals surface area contributed by atoms with Crippen molar-refractivity contribution in [1.29, 1.82) is 0 Å². The van der Waals surface area contributed by atoms with E-state index < -0.39 is 0 Å². The summed E-state index contributed by atoms with van der Waals surface area (Å²) in [5, 5.41) is 16.8. The van der Waals surface area contributed by atoms with Crippen LogP contribution < -0.4 is 44.6 Å². The number of hydrogen-bond acceptors (Lipinski definition) is 2. The average Bonchev–Trinajstić information content (AvgIpc) is 3.80. The zero-order valence-electron chi connectivity index (χ0n) is 25.6. The summed E-state index contributed by atoms with van der Waals surface area (Å²) in [6.45, 7) is 0. The molecule has 0 aliphatic heterocycles. The highest BCUT2D eigenvalue weighted by Gasteiger charge is 2.30. The van der Waals surface area contributed by atoms with E-state index in [1.807, 2.05) is 92.0 Å². The molecule has 0 radical (unpaired) electrons. The predicted molar refractivity (Wildman–Crippen MR) is 173 cm³/mol. The van der Waals surface area contributed by atoms with Crippen LogP contribution in [0.4, 0.5) is 0 Å². The van der Waals surface area contributed by atoms with Crippen LogP contribution in [0.1, 0.15) is 0 Å². The third-order valence-electron chi connectivity index (χ3n) is 7.82. The molecule has 2 heterocycles. The van der Waals surface area contributed by atoms with Gasteiger partial charge in [0.05, 0.1) is 11.1 Å². The average molecular weight is 670 g/mol. The van der Waals surface area contributed by atoms with Gasteiger partial charge in [-0.05, 0) is 94.1 Å². The molecule has 0 atom stereocenters. The third-order valence-corrected chi connectivity index (χ3v) is 7.82. The number of para-hydroxylation sites is 2. The molecule has 234 valence electrons. The standard InChI is InChI=1S/C38H28N8.2ClH/c1-5-13-31(14-6-1)37-39-43(33-17-9-3-10-18-33)45(41-37)35-25-21-29(22-26-35)30-23-27-36(28-24-30)46-42-38(32-15-7-2-8-16-32)40-44(46)34-19-11-4-12-20-34;;/h1-28H;2*1H/q+2;;. The lowest BCUT2D eigenvalue weighted by Crippen LogP contribution is -3.00. The largest absolute Gasteiger partial charge is 1.00 e. The Morgan fingerprint density at radius 3 is 1.00 bits per heavy atom. The van der Waals surface area contributed by atoms with Gasteiger partial charge in [0, 0.05) is 24.3 Å². The normalized spacial score (nSPS) is 10.6. The first-order chi connectivity index (χ1) is 22.8. The van der Waals surface area contributed by atoms with Crippen LogP contribution >= 0.6 is 0 Å². The van der Waals surface area contributed by atoms with Gasteiger partial charge in [0.15, 0.2) is 11.4 Å². The minimum Gasteiger partial charge on any atom is -1.00 e. The lowest BCUT2D eigenvalue weighted by atomic mass is 10.1. The van der Waals surface area contributed by atoms with Crippen LogP contribution in [0.2, 0.25) is 0 Å². The molecule has 6 aromatic carbocycles. The molecule has 8 rings (SSSR count). The number of H-pyrrole nitrogens is 2. The Morgan fingerprint density at radius 1 is 0.354 bits per heavy atom. The summed E-state index contributed by atoms with van der Waals surface area (Å²) in [5.41, 5.74) is 8.08. The molecule has 2 N–H and O–H groups in total. The number of nitrogens with one attached hydrogen (secondary N) is 2. The minimum atomic E-state index is 0. The number of tetrazole rings is 2. The van der Waals surface area contributed by atoms with E-state index in [1.54, 1.807) is 0 Å². The van der Waals surface area contributed by atoms with Crippen molar-refractivity contribution in [3.63, 3.8) is 0 Å². The smallest absolute Gasteiger partial charge is 0.397 e. The fourth-order valence-electron chi connectivity index (χ4n) is 5.46. The van der Waals surface area contributed by atoms with Gasteiger partial charge in [0.25, 0.3) is 11.4 Å². The van der Waals surface area contributed by atoms with Crippen LogP contribution in [0.15, 0.2) is 170 Å². The molecule has 8 nitrogen and oxygen atoms in total. The number of hydrogen-bond donors (Lipinski definition) is 0. The van der Waals surface area contributed by atoms with E-state index >= 15 is 0 Å². The second-order valence-corrected chi connectivity index (χ2v) is 10.8. The van der Waals surface area contributed by atoms with E-state index in [9.17, 15) is 0 Å². The van der Waals surface area contributed by atoms with Crippen molar-refractivity contribution in [3.8, 4) is 56.7 Å². The number of benzene rings is 6. The Hall–Kier alpha value is -5.96. The quantitative estimate of drug-likeness (QED) is 0.210. The van der Waals surface area contributed by atoms with E-state index in [0.29, 0.717) is 0 Å². The Morgan fingerprint density at radius 2 is 0.667 bits per heavy atom. The molecule has 2 aromatic heterocycles. The fourth-order valence-corrected chi connectivity index (χ4v) is 5.46. The van der Waals surface area contributed by atoms with Gasteiger partial charge >= 0.3 is 11.6 Å². The summed E-state index contributed by atoms with van der Waals surface area (Å²) >= 11 is 0. The topological polar surface area (TPSA) is 71.7 Å². The van der Waals surface area contributed by atoms with Gasteiger partial charge in [-0.15, -0.1) is 0 Å². The molecular weight excluding hydrogens is 639 g/mol. The van der Waals surface area contributed by atoms with Crippen molar-refractivity contribution in [2.45, 2.75) is 0 Å². The van der Waals surface area contributed by atoms with Crippen molar-refractivity contribution >= 4 is 0 Å². The first kappa shape index (κ1) is 32.0. The maximum absolute atomic E-state index is 4.94. The monoisotopic (exact) mass is 668 g/mol. The molecular formula is C38H30Cl2N8+2. The molecule has 0 fully saturated rings. The van der Waals surface area contributed by atoms with Gasteiger partial charge in [0.1, 0.15) is 29.4 Å². The van der Waals surface area contributed by atoms with Crippen LogP contribution in [-0.4, -0.2) is 19.8 Å². The molecule has 0 aliphatic rings. The van der Waals surface area contributed by atoms with Crippen molar-refractivity contribution in [3.05, 3.63) is 170 Å². The number of aromatic nitrogens is 8. The number of aromatic amines is 2. The highest BCUT2D eigenvalue weighted by molar-refractivity contribution is 5.65. The molecule has 8 aromatic rings. The Balaban J connectivity index is 0.00000201. The van der Waals surface area contributed by atoms with E-state index in [-0.39, 0.29) is 24.8 Å². The molecule has 0 amide bonds. The Kier molecular flexibility index (Phi) is 9.47. The summed E-state index contributed by atoms with van der Waals surface area (Å²) < 4.78 is 0. The summed E-state index contributed by atoms with van der Waals surface area (Å²) in [7, 11) is 0.